The highest BCUT2D eigenvalue weighted by molar-refractivity contribution is 5.15. The van der Waals surface area contributed by atoms with E-state index < -0.39 is 0 Å². The van der Waals surface area contributed by atoms with Gasteiger partial charge in [0.15, 0.2) is 0 Å². The summed E-state index contributed by atoms with van der Waals surface area (Å²) in [4.78, 5) is 0. The van der Waals surface area contributed by atoms with Crippen molar-refractivity contribution in [2.24, 2.45) is 0 Å². The van der Waals surface area contributed by atoms with Crippen LogP contribution in [0.1, 0.15) is 16.7 Å². The molecule has 0 aliphatic carbocycles. The fourth-order valence-electron chi connectivity index (χ4n) is 3.99. The smallest absolute Gasteiger partial charge is 0.113 e. The van der Waals surface area contributed by atoms with E-state index in [-0.39, 0.29) is 31.0 Å². The molecule has 1 heterocycles. The summed E-state index contributed by atoms with van der Waals surface area (Å²) in [6.07, 6.45) is -0.873. The summed E-state index contributed by atoms with van der Waals surface area (Å²) in [5.41, 5.74) is 3.29. The SMILES string of the molecule is OC[C@H]1NC[C@@H](OCc2ccccc2)[C@@H](OCc2ccccc2)[C@@H]1OCc1ccccc1. The van der Waals surface area contributed by atoms with E-state index in [4.69, 9.17) is 14.2 Å². The maximum Gasteiger partial charge on any atom is 0.113 e. The molecule has 0 amide bonds. The van der Waals surface area contributed by atoms with Gasteiger partial charge in [-0.2, -0.15) is 0 Å². The number of aliphatic hydroxyl groups is 1. The zero-order valence-electron chi connectivity index (χ0n) is 18.2. The van der Waals surface area contributed by atoms with Gasteiger partial charge in [-0.1, -0.05) is 91.0 Å². The molecule has 5 heteroatoms. The molecule has 0 radical (unpaired) electrons. The molecule has 0 aromatic heterocycles. The molecule has 3 aromatic rings. The van der Waals surface area contributed by atoms with Gasteiger partial charge in [0.2, 0.25) is 0 Å². The van der Waals surface area contributed by atoms with Crippen molar-refractivity contribution < 1.29 is 19.3 Å². The molecule has 0 unspecified atom stereocenters. The summed E-state index contributed by atoms with van der Waals surface area (Å²) >= 11 is 0. The third-order valence-electron chi connectivity index (χ3n) is 5.74. The van der Waals surface area contributed by atoms with Gasteiger partial charge in [-0.15, -0.1) is 0 Å². The van der Waals surface area contributed by atoms with E-state index in [1.807, 2.05) is 78.9 Å². The maximum absolute atomic E-state index is 10.0. The van der Waals surface area contributed by atoms with Crippen LogP contribution in [-0.4, -0.2) is 42.6 Å². The van der Waals surface area contributed by atoms with Gasteiger partial charge < -0.3 is 24.6 Å². The zero-order chi connectivity index (χ0) is 22.0. The molecule has 4 rings (SSSR count). The third kappa shape index (κ3) is 6.25. The predicted octanol–water partition coefficient (Wildman–Crippen LogP) is 3.71. The second-order valence-electron chi connectivity index (χ2n) is 8.05. The van der Waals surface area contributed by atoms with Crippen LogP contribution in [0, 0.1) is 0 Å². The highest BCUT2D eigenvalue weighted by Gasteiger charge is 2.41. The highest BCUT2D eigenvalue weighted by atomic mass is 16.6. The second-order valence-corrected chi connectivity index (χ2v) is 8.05. The summed E-state index contributed by atoms with van der Waals surface area (Å²) in [6, 6.07) is 30.0. The molecule has 2 N–H and O–H groups in total. The van der Waals surface area contributed by atoms with Gasteiger partial charge in [0.1, 0.15) is 12.2 Å². The van der Waals surface area contributed by atoms with Gasteiger partial charge in [-0.05, 0) is 16.7 Å². The number of ether oxygens (including phenoxy) is 3. The number of aliphatic hydroxyl groups excluding tert-OH is 1. The van der Waals surface area contributed by atoms with E-state index in [9.17, 15) is 5.11 Å². The van der Waals surface area contributed by atoms with Crippen LogP contribution in [0.5, 0.6) is 0 Å². The van der Waals surface area contributed by atoms with E-state index in [1.54, 1.807) is 0 Å². The lowest BCUT2D eigenvalue weighted by atomic mass is 9.95. The predicted molar refractivity (Wildman–Crippen MR) is 124 cm³/mol. The molecule has 32 heavy (non-hydrogen) atoms. The van der Waals surface area contributed by atoms with E-state index in [1.165, 1.54) is 0 Å². The minimum absolute atomic E-state index is 0.0317. The van der Waals surface area contributed by atoms with Gasteiger partial charge in [-0.3, -0.25) is 0 Å². The monoisotopic (exact) mass is 433 g/mol. The molecule has 168 valence electrons. The van der Waals surface area contributed by atoms with E-state index >= 15 is 0 Å². The van der Waals surface area contributed by atoms with Gasteiger partial charge in [0.05, 0.1) is 38.6 Å². The standard InChI is InChI=1S/C27H31NO4/c29-17-24-26(31-19-22-12-6-2-7-13-22)27(32-20-23-14-8-3-9-15-23)25(16-28-24)30-18-21-10-4-1-5-11-21/h1-15,24-29H,16-20H2/t24-,25-,26-,27-/m1/s1. The van der Waals surface area contributed by atoms with Crippen LogP contribution >= 0.6 is 0 Å². The Morgan fingerprint density at radius 2 is 1.06 bits per heavy atom. The first-order valence-corrected chi connectivity index (χ1v) is 11.1. The minimum atomic E-state index is -0.349. The average Bonchev–Trinajstić information content (AvgIpc) is 2.87. The van der Waals surface area contributed by atoms with Crippen molar-refractivity contribution in [1.82, 2.24) is 5.32 Å². The zero-order valence-corrected chi connectivity index (χ0v) is 18.2. The third-order valence-corrected chi connectivity index (χ3v) is 5.74. The Balaban J connectivity index is 1.49. The Morgan fingerprint density at radius 3 is 1.53 bits per heavy atom. The quantitative estimate of drug-likeness (QED) is 0.511. The van der Waals surface area contributed by atoms with Crippen molar-refractivity contribution in [2.75, 3.05) is 13.2 Å². The fraction of sp³-hybridized carbons (Fsp3) is 0.333. The minimum Gasteiger partial charge on any atom is -0.395 e. The first-order chi connectivity index (χ1) is 15.8. The summed E-state index contributed by atoms with van der Waals surface area (Å²) in [6.45, 7) is 1.95. The number of benzene rings is 3. The van der Waals surface area contributed by atoms with Crippen LogP contribution in [-0.2, 0) is 34.0 Å². The Kier molecular flexibility index (Phi) is 8.42. The Hall–Kier alpha value is -2.54. The Labute approximate surface area is 190 Å². The largest absolute Gasteiger partial charge is 0.395 e. The van der Waals surface area contributed by atoms with Crippen LogP contribution in [0.3, 0.4) is 0 Å². The molecule has 0 saturated carbocycles. The average molecular weight is 434 g/mol. The Morgan fingerprint density at radius 1 is 0.625 bits per heavy atom. The van der Waals surface area contributed by atoms with Crippen LogP contribution in [0.25, 0.3) is 0 Å². The Bertz CT molecular complexity index is 907. The molecule has 0 spiro atoms. The summed E-state index contributed by atoms with van der Waals surface area (Å²) in [7, 11) is 0. The van der Waals surface area contributed by atoms with Crippen LogP contribution in [0.15, 0.2) is 91.0 Å². The molecule has 1 fully saturated rings. The normalized spacial score (nSPS) is 23.2. The molecule has 5 nitrogen and oxygen atoms in total. The van der Waals surface area contributed by atoms with E-state index in [0.29, 0.717) is 26.4 Å². The number of hydrogen-bond donors (Lipinski definition) is 2. The van der Waals surface area contributed by atoms with E-state index in [2.05, 4.69) is 17.4 Å². The van der Waals surface area contributed by atoms with Crippen molar-refractivity contribution in [1.29, 1.82) is 0 Å². The maximum atomic E-state index is 10.0. The number of nitrogens with one attached hydrogen (secondary N) is 1. The molecule has 0 bridgehead atoms. The van der Waals surface area contributed by atoms with Crippen molar-refractivity contribution in [3.8, 4) is 0 Å². The van der Waals surface area contributed by atoms with Crippen LogP contribution < -0.4 is 5.32 Å². The second kappa shape index (κ2) is 11.9. The van der Waals surface area contributed by atoms with Gasteiger partial charge >= 0.3 is 0 Å². The molecule has 1 aliphatic rings. The molecular formula is C27H31NO4. The van der Waals surface area contributed by atoms with Crippen molar-refractivity contribution >= 4 is 0 Å². The molecule has 1 saturated heterocycles. The van der Waals surface area contributed by atoms with Crippen molar-refractivity contribution in [3.05, 3.63) is 108 Å². The van der Waals surface area contributed by atoms with E-state index in [0.717, 1.165) is 16.7 Å². The molecule has 3 aromatic carbocycles. The number of rotatable bonds is 10. The molecule has 1 aliphatic heterocycles. The lowest BCUT2D eigenvalue weighted by molar-refractivity contribution is -0.179. The van der Waals surface area contributed by atoms with Crippen molar-refractivity contribution in [2.45, 2.75) is 44.2 Å². The number of hydrogen-bond acceptors (Lipinski definition) is 5. The highest BCUT2D eigenvalue weighted by Crippen LogP contribution is 2.23. The van der Waals surface area contributed by atoms with Gasteiger partial charge in [0.25, 0.3) is 0 Å². The van der Waals surface area contributed by atoms with Gasteiger partial charge in [0, 0.05) is 6.54 Å². The first kappa shape index (κ1) is 22.6. The topological polar surface area (TPSA) is 60.0 Å². The summed E-state index contributed by atoms with van der Waals surface area (Å²) in [5, 5.41) is 13.4. The summed E-state index contributed by atoms with van der Waals surface area (Å²) < 4.78 is 19.0. The van der Waals surface area contributed by atoms with Crippen LogP contribution in [0.4, 0.5) is 0 Å². The lowest BCUT2D eigenvalue weighted by Gasteiger charge is -2.42. The first-order valence-electron chi connectivity index (χ1n) is 11.1. The lowest BCUT2D eigenvalue weighted by Crippen LogP contribution is -2.63. The molecule has 4 atom stereocenters. The molecular weight excluding hydrogens is 402 g/mol. The number of piperidine rings is 1. The van der Waals surface area contributed by atoms with Crippen LogP contribution in [0.2, 0.25) is 0 Å². The summed E-state index contributed by atoms with van der Waals surface area (Å²) in [5.74, 6) is 0. The van der Waals surface area contributed by atoms with Gasteiger partial charge in [-0.25, -0.2) is 0 Å². The fourth-order valence-corrected chi connectivity index (χ4v) is 3.99. The van der Waals surface area contributed by atoms with Crippen molar-refractivity contribution in [3.63, 3.8) is 0 Å².